The largest absolute Gasteiger partial charge is 0.399 e. The number of likely N-dealkylation sites (N-methyl/N-ethyl adjacent to an activating group) is 1. The van der Waals surface area contributed by atoms with Crippen LogP contribution in [0.3, 0.4) is 0 Å². The molecule has 19 heavy (non-hydrogen) atoms. The van der Waals surface area contributed by atoms with Crippen LogP contribution in [0, 0.1) is 6.92 Å². The number of amides is 3. The van der Waals surface area contributed by atoms with Crippen LogP contribution < -0.4 is 11.1 Å². The quantitative estimate of drug-likeness (QED) is 0.582. The second-order valence-electron chi connectivity index (χ2n) is 4.60. The molecule has 0 radical (unpaired) electrons. The van der Waals surface area contributed by atoms with Crippen molar-refractivity contribution in [2.24, 2.45) is 0 Å². The van der Waals surface area contributed by atoms with E-state index in [4.69, 9.17) is 5.73 Å². The molecule has 3 N–H and O–H groups in total. The molecular formula is C13H15N3O3. The fourth-order valence-electron chi connectivity index (χ4n) is 2.05. The number of nitrogens with zero attached hydrogens (tertiary/aromatic N) is 1. The molecule has 0 spiro atoms. The van der Waals surface area contributed by atoms with Crippen molar-refractivity contribution in [2.45, 2.75) is 19.4 Å². The van der Waals surface area contributed by atoms with Crippen LogP contribution in [0.25, 0.3) is 0 Å². The maximum atomic E-state index is 12.1. The van der Waals surface area contributed by atoms with Gasteiger partial charge in [-0.15, -0.1) is 0 Å². The Morgan fingerprint density at radius 3 is 2.63 bits per heavy atom. The predicted octanol–water partition coefficient (Wildman–Crippen LogP) is 0.0643. The van der Waals surface area contributed by atoms with Gasteiger partial charge in [-0.3, -0.25) is 19.3 Å². The van der Waals surface area contributed by atoms with Crippen molar-refractivity contribution >= 4 is 23.4 Å². The normalized spacial score (nSPS) is 18.8. The number of rotatable bonds is 2. The van der Waals surface area contributed by atoms with Gasteiger partial charge in [-0.1, -0.05) is 0 Å². The molecule has 1 unspecified atom stereocenters. The van der Waals surface area contributed by atoms with Gasteiger partial charge in [0.15, 0.2) is 0 Å². The Morgan fingerprint density at radius 2 is 2.11 bits per heavy atom. The van der Waals surface area contributed by atoms with Crippen molar-refractivity contribution in [2.75, 3.05) is 12.8 Å². The third-order valence-corrected chi connectivity index (χ3v) is 3.18. The molecule has 2 rings (SSSR count). The van der Waals surface area contributed by atoms with Crippen molar-refractivity contribution in [3.63, 3.8) is 0 Å². The van der Waals surface area contributed by atoms with Gasteiger partial charge in [0.05, 0.1) is 6.42 Å². The molecule has 0 aromatic heterocycles. The maximum absolute atomic E-state index is 12.1. The molecule has 1 fully saturated rings. The van der Waals surface area contributed by atoms with Gasteiger partial charge in [0.2, 0.25) is 5.91 Å². The van der Waals surface area contributed by atoms with Gasteiger partial charge in [-0.05, 0) is 30.7 Å². The lowest BCUT2D eigenvalue weighted by molar-refractivity contribution is -0.137. The van der Waals surface area contributed by atoms with E-state index in [1.54, 1.807) is 25.1 Å². The second kappa shape index (κ2) is 4.72. The van der Waals surface area contributed by atoms with E-state index in [2.05, 4.69) is 5.32 Å². The van der Waals surface area contributed by atoms with Gasteiger partial charge >= 0.3 is 0 Å². The van der Waals surface area contributed by atoms with Crippen LogP contribution in [0.4, 0.5) is 5.69 Å². The van der Waals surface area contributed by atoms with E-state index in [0.717, 1.165) is 10.5 Å². The third kappa shape index (κ3) is 2.42. The molecule has 3 amide bonds. The Balaban J connectivity index is 2.14. The molecule has 1 heterocycles. The molecule has 0 bridgehead atoms. The Morgan fingerprint density at radius 1 is 1.42 bits per heavy atom. The first-order valence-corrected chi connectivity index (χ1v) is 5.87. The van der Waals surface area contributed by atoms with Crippen molar-refractivity contribution in [3.05, 3.63) is 29.3 Å². The van der Waals surface area contributed by atoms with E-state index in [1.807, 2.05) is 0 Å². The van der Waals surface area contributed by atoms with Crippen molar-refractivity contribution < 1.29 is 14.4 Å². The lowest BCUT2D eigenvalue weighted by atomic mass is 10.1. The topological polar surface area (TPSA) is 92.5 Å². The summed E-state index contributed by atoms with van der Waals surface area (Å²) in [6.07, 6.45) is 0.00902. The Kier molecular flexibility index (Phi) is 3.25. The molecule has 100 valence electrons. The van der Waals surface area contributed by atoms with Crippen molar-refractivity contribution in [1.29, 1.82) is 0 Å². The number of nitrogen functional groups attached to an aromatic ring is 1. The van der Waals surface area contributed by atoms with Crippen LogP contribution in [0.1, 0.15) is 22.3 Å². The Hall–Kier alpha value is -2.37. The van der Waals surface area contributed by atoms with Crippen LogP contribution in [0.2, 0.25) is 0 Å². The molecule has 1 saturated heterocycles. The molecule has 6 heteroatoms. The minimum Gasteiger partial charge on any atom is -0.399 e. The highest BCUT2D eigenvalue weighted by molar-refractivity contribution is 6.08. The van der Waals surface area contributed by atoms with Gasteiger partial charge in [0.1, 0.15) is 6.04 Å². The summed E-state index contributed by atoms with van der Waals surface area (Å²) in [5.74, 6) is -1.05. The molecule has 1 atom stereocenters. The number of anilines is 1. The number of nitrogens with two attached hydrogens (primary N) is 1. The molecular weight excluding hydrogens is 246 g/mol. The fraction of sp³-hybridized carbons (Fsp3) is 0.308. The van der Waals surface area contributed by atoms with E-state index in [1.165, 1.54) is 7.05 Å². The molecule has 1 aromatic carbocycles. The molecule has 1 aromatic rings. The fourth-order valence-corrected chi connectivity index (χ4v) is 2.05. The van der Waals surface area contributed by atoms with Crippen LogP contribution in [-0.2, 0) is 9.59 Å². The maximum Gasteiger partial charge on any atom is 0.252 e. The summed E-state index contributed by atoms with van der Waals surface area (Å²) >= 11 is 0. The van der Waals surface area contributed by atoms with Crippen molar-refractivity contribution in [1.82, 2.24) is 10.2 Å². The number of hydrogen-bond acceptors (Lipinski definition) is 4. The number of benzene rings is 1. The standard InChI is InChI=1S/C13H15N3O3/c1-7-5-8(14)3-4-9(7)12(18)15-10-6-11(17)16(2)13(10)19/h3-5,10H,6,14H2,1-2H3,(H,15,18). The first-order valence-electron chi connectivity index (χ1n) is 5.87. The van der Waals surface area contributed by atoms with Gasteiger partial charge in [0.25, 0.3) is 11.8 Å². The summed E-state index contributed by atoms with van der Waals surface area (Å²) in [5, 5.41) is 2.57. The first-order chi connectivity index (χ1) is 8.90. The van der Waals surface area contributed by atoms with E-state index in [9.17, 15) is 14.4 Å². The number of nitrogens with one attached hydrogen (secondary N) is 1. The molecule has 1 aliphatic heterocycles. The zero-order chi connectivity index (χ0) is 14.2. The average Bonchev–Trinajstić information content (AvgIpc) is 2.57. The molecule has 0 aliphatic carbocycles. The highest BCUT2D eigenvalue weighted by Crippen LogP contribution is 2.15. The van der Waals surface area contributed by atoms with E-state index in [-0.39, 0.29) is 24.1 Å². The minimum atomic E-state index is -0.776. The summed E-state index contributed by atoms with van der Waals surface area (Å²) in [6.45, 7) is 1.76. The van der Waals surface area contributed by atoms with E-state index in [0.29, 0.717) is 11.3 Å². The van der Waals surface area contributed by atoms with Crippen LogP contribution >= 0.6 is 0 Å². The van der Waals surface area contributed by atoms with Gasteiger partial charge in [-0.2, -0.15) is 0 Å². The number of hydrogen-bond donors (Lipinski definition) is 2. The highest BCUT2D eigenvalue weighted by atomic mass is 16.2. The number of aryl methyl sites for hydroxylation is 1. The Bertz CT molecular complexity index is 568. The zero-order valence-electron chi connectivity index (χ0n) is 10.8. The molecule has 1 aliphatic rings. The summed E-state index contributed by atoms with van der Waals surface area (Å²) in [7, 11) is 1.41. The van der Waals surface area contributed by atoms with Crippen molar-refractivity contribution in [3.8, 4) is 0 Å². The SMILES string of the molecule is Cc1cc(N)ccc1C(=O)NC1CC(=O)N(C)C1=O. The van der Waals surface area contributed by atoms with E-state index < -0.39 is 6.04 Å². The van der Waals surface area contributed by atoms with Crippen LogP contribution in [0.15, 0.2) is 18.2 Å². The lowest BCUT2D eigenvalue weighted by Gasteiger charge is -2.12. The zero-order valence-corrected chi connectivity index (χ0v) is 10.8. The van der Waals surface area contributed by atoms with Gasteiger partial charge < -0.3 is 11.1 Å². The molecule has 6 nitrogen and oxygen atoms in total. The summed E-state index contributed by atoms with van der Waals surface area (Å²) < 4.78 is 0. The Labute approximate surface area is 110 Å². The lowest BCUT2D eigenvalue weighted by Crippen LogP contribution is -2.40. The highest BCUT2D eigenvalue weighted by Gasteiger charge is 2.37. The third-order valence-electron chi connectivity index (χ3n) is 3.18. The van der Waals surface area contributed by atoms with Crippen LogP contribution in [0.5, 0.6) is 0 Å². The second-order valence-corrected chi connectivity index (χ2v) is 4.60. The number of likely N-dealkylation sites (tertiary alicyclic amines) is 1. The minimum absolute atomic E-state index is 0.00902. The van der Waals surface area contributed by atoms with Gasteiger partial charge in [-0.25, -0.2) is 0 Å². The average molecular weight is 261 g/mol. The van der Waals surface area contributed by atoms with Gasteiger partial charge in [0, 0.05) is 18.3 Å². The summed E-state index contributed by atoms with van der Waals surface area (Å²) in [5.41, 5.74) is 7.36. The monoisotopic (exact) mass is 261 g/mol. The number of carbonyl (C=O) groups is 3. The summed E-state index contributed by atoms with van der Waals surface area (Å²) in [4.78, 5) is 36.1. The summed E-state index contributed by atoms with van der Waals surface area (Å²) in [6, 6.07) is 4.13. The van der Waals surface area contributed by atoms with Crippen LogP contribution in [-0.4, -0.2) is 35.7 Å². The number of carbonyl (C=O) groups excluding carboxylic acids is 3. The number of imide groups is 1. The molecule has 0 saturated carbocycles. The predicted molar refractivity (Wildman–Crippen MR) is 69.2 cm³/mol. The smallest absolute Gasteiger partial charge is 0.252 e. The first kappa shape index (κ1) is 13.1. The van der Waals surface area contributed by atoms with E-state index >= 15 is 0 Å².